The number of benzene rings is 1. The zero-order chi connectivity index (χ0) is 23.4. The summed E-state index contributed by atoms with van der Waals surface area (Å²) < 4.78 is 24.5. The predicted octanol–water partition coefficient (Wildman–Crippen LogP) is 3.57. The second-order valence-corrected chi connectivity index (χ2v) is 8.17. The molecule has 0 bridgehead atoms. The summed E-state index contributed by atoms with van der Waals surface area (Å²) >= 11 is 0. The number of carbonyl (C=O) groups excluding carboxylic acids is 1. The zero-order valence-electron chi connectivity index (χ0n) is 19.2. The van der Waals surface area contributed by atoms with Crippen LogP contribution < -0.4 is 4.74 Å². The third-order valence-corrected chi connectivity index (χ3v) is 6.04. The number of H-pyrrole nitrogens is 1. The summed E-state index contributed by atoms with van der Waals surface area (Å²) in [6, 6.07) is 8.45. The molecule has 7 nitrogen and oxygen atoms in total. The Kier molecular flexibility index (Phi) is 7.05. The number of hydrogen-bond donors (Lipinski definition) is 1. The molecule has 174 valence electrons. The van der Waals surface area contributed by atoms with Gasteiger partial charge in [-0.1, -0.05) is 6.08 Å². The van der Waals surface area contributed by atoms with Gasteiger partial charge in [-0.25, -0.2) is 9.37 Å². The van der Waals surface area contributed by atoms with Crippen LogP contribution in [0.25, 0.3) is 27.7 Å². The van der Waals surface area contributed by atoms with Crippen LogP contribution in [0.2, 0.25) is 0 Å². The van der Waals surface area contributed by atoms with Gasteiger partial charge in [-0.2, -0.15) is 0 Å². The van der Waals surface area contributed by atoms with Crippen molar-refractivity contribution in [2.45, 2.75) is 6.42 Å². The fourth-order valence-electron chi connectivity index (χ4n) is 4.09. The molecule has 0 fully saturated rings. The molecule has 0 unspecified atom stereocenters. The van der Waals surface area contributed by atoms with Crippen molar-refractivity contribution in [2.24, 2.45) is 0 Å². The van der Waals surface area contributed by atoms with E-state index in [0.717, 1.165) is 35.3 Å². The van der Waals surface area contributed by atoms with Crippen LogP contribution in [0.15, 0.2) is 42.6 Å². The number of fused-ring (bicyclic) bond motifs is 1. The first-order valence-corrected chi connectivity index (χ1v) is 11.0. The van der Waals surface area contributed by atoms with Gasteiger partial charge in [0.05, 0.1) is 20.3 Å². The number of amides is 1. The molecule has 3 heterocycles. The summed E-state index contributed by atoms with van der Waals surface area (Å²) in [6.07, 6.45) is 4.69. The molecule has 1 amide bonds. The standard InChI is InChI=1S/C25H29FN4O3/c1-29(12-13-32-2)24(31)16-30-10-7-17(8-11-30)22-15-21-19(6-9-27-25(21)28-22)20-14-18(26)4-5-23(20)33-3/h4-7,9,14-15H,8,10-13,16H2,1-3H3,(H,27,28). The van der Waals surface area contributed by atoms with E-state index in [4.69, 9.17) is 9.47 Å². The van der Waals surface area contributed by atoms with E-state index in [1.54, 1.807) is 38.4 Å². The SMILES string of the molecule is COCCN(C)C(=O)CN1CC=C(c2cc3c(-c4cc(F)ccc4OC)ccnc3[nH]2)CC1. The molecule has 1 aromatic carbocycles. The number of carbonyl (C=O) groups is 1. The van der Waals surface area contributed by atoms with Gasteiger partial charge >= 0.3 is 0 Å². The molecule has 0 saturated heterocycles. The maximum atomic E-state index is 14.0. The molecular formula is C25H29FN4O3. The van der Waals surface area contributed by atoms with Crippen LogP contribution >= 0.6 is 0 Å². The van der Waals surface area contributed by atoms with Crippen LogP contribution in [-0.2, 0) is 9.53 Å². The van der Waals surface area contributed by atoms with Crippen LogP contribution in [0.3, 0.4) is 0 Å². The van der Waals surface area contributed by atoms with Crippen molar-refractivity contribution >= 4 is 22.5 Å². The smallest absolute Gasteiger partial charge is 0.236 e. The van der Waals surface area contributed by atoms with Crippen LogP contribution in [0.1, 0.15) is 12.1 Å². The first-order chi connectivity index (χ1) is 16.0. The number of rotatable bonds is 8. The van der Waals surface area contributed by atoms with E-state index in [-0.39, 0.29) is 11.7 Å². The van der Waals surface area contributed by atoms with E-state index in [9.17, 15) is 9.18 Å². The van der Waals surface area contributed by atoms with Crippen LogP contribution in [0.4, 0.5) is 4.39 Å². The largest absolute Gasteiger partial charge is 0.496 e. The second kappa shape index (κ2) is 10.1. The molecule has 0 saturated carbocycles. The van der Waals surface area contributed by atoms with Gasteiger partial charge in [-0.15, -0.1) is 0 Å². The summed E-state index contributed by atoms with van der Waals surface area (Å²) in [7, 11) is 5.01. The second-order valence-electron chi connectivity index (χ2n) is 8.17. The number of hydrogen-bond acceptors (Lipinski definition) is 5. The van der Waals surface area contributed by atoms with E-state index in [1.807, 2.05) is 6.07 Å². The predicted molar refractivity (Wildman–Crippen MR) is 127 cm³/mol. The molecule has 2 aromatic heterocycles. The number of halogens is 1. The Morgan fingerprint density at radius 1 is 1.24 bits per heavy atom. The van der Waals surface area contributed by atoms with Crippen LogP contribution in [-0.4, -0.2) is 79.7 Å². The fraction of sp³-hybridized carbons (Fsp3) is 0.360. The minimum Gasteiger partial charge on any atom is -0.496 e. The average Bonchev–Trinajstić information content (AvgIpc) is 3.27. The number of methoxy groups -OCH3 is 2. The molecule has 1 N–H and O–H groups in total. The molecule has 1 aliphatic heterocycles. The minimum absolute atomic E-state index is 0.0902. The number of pyridine rings is 1. The summed E-state index contributed by atoms with van der Waals surface area (Å²) in [4.78, 5) is 24.1. The summed E-state index contributed by atoms with van der Waals surface area (Å²) in [5.74, 6) is 0.385. The minimum atomic E-state index is -0.316. The summed E-state index contributed by atoms with van der Waals surface area (Å²) in [5.41, 5.74) is 4.47. The Balaban J connectivity index is 1.53. The van der Waals surface area contributed by atoms with Gasteiger partial charge in [0.2, 0.25) is 5.91 Å². The van der Waals surface area contributed by atoms with Crippen LogP contribution in [0, 0.1) is 5.82 Å². The molecule has 1 aliphatic rings. The molecule has 33 heavy (non-hydrogen) atoms. The third kappa shape index (κ3) is 5.07. The maximum Gasteiger partial charge on any atom is 0.236 e. The molecule has 0 radical (unpaired) electrons. The van der Waals surface area contributed by atoms with Crippen molar-refractivity contribution in [1.82, 2.24) is 19.8 Å². The lowest BCUT2D eigenvalue weighted by Gasteiger charge is -2.27. The van der Waals surface area contributed by atoms with E-state index >= 15 is 0 Å². The van der Waals surface area contributed by atoms with Crippen molar-refractivity contribution in [3.63, 3.8) is 0 Å². The average molecular weight is 453 g/mol. The van der Waals surface area contributed by atoms with Gasteiger partial charge in [-0.3, -0.25) is 9.69 Å². The zero-order valence-corrected chi connectivity index (χ0v) is 19.2. The summed E-state index contributed by atoms with van der Waals surface area (Å²) in [6.45, 7) is 3.01. The van der Waals surface area contributed by atoms with E-state index in [2.05, 4.69) is 27.0 Å². The lowest BCUT2D eigenvalue weighted by molar-refractivity contribution is -0.131. The van der Waals surface area contributed by atoms with Gasteiger partial charge in [0.1, 0.15) is 17.2 Å². The number of aromatic nitrogens is 2. The summed E-state index contributed by atoms with van der Waals surface area (Å²) in [5, 5.41) is 0.912. The number of nitrogens with one attached hydrogen (secondary N) is 1. The number of aromatic amines is 1. The van der Waals surface area contributed by atoms with Crippen molar-refractivity contribution in [3.8, 4) is 16.9 Å². The number of nitrogens with zero attached hydrogens (tertiary/aromatic N) is 3. The molecular weight excluding hydrogens is 423 g/mol. The Morgan fingerprint density at radius 3 is 2.82 bits per heavy atom. The molecule has 8 heteroatoms. The highest BCUT2D eigenvalue weighted by atomic mass is 19.1. The normalized spacial score (nSPS) is 14.4. The van der Waals surface area contributed by atoms with E-state index in [1.165, 1.54) is 17.7 Å². The van der Waals surface area contributed by atoms with Crippen molar-refractivity contribution < 1.29 is 18.7 Å². The van der Waals surface area contributed by atoms with Crippen LogP contribution in [0.5, 0.6) is 5.75 Å². The highest BCUT2D eigenvalue weighted by molar-refractivity contribution is 5.96. The van der Waals surface area contributed by atoms with Gasteiger partial charge in [0.25, 0.3) is 0 Å². The molecule has 3 aromatic rings. The Labute approximate surface area is 192 Å². The maximum absolute atomic E-state index is 14.0. The Bertz CT molecular complexity index is 1170. The lowest BCUT2D eigenvalue weighted by Crippen LogP contribution is -2.41. The van der Waals surface area contributed by atoms with Gasteiger partial charge in [-0.05, 0) is 47.9 Å². The molecule has 4 rings (SSSR count). The van der Waals surface area contributed by atoms with Gasteiger partial charge < -0.3 is 19.4 Å². The lowest BCUT2D eigenvalue weighted by atomic mass is 10.0. The first kappa shape index (κ1) is 22.9. The fourth-order valence-corrected chi connectivity index (χ4v) is 4.09. The quantitative estimate of drug-likeness (QED) is 0.566. The molecule has 0 atom stereocenters. The number of ether oxygens (including phenoxy) is 2. The topological polar surface area (TPSA) is 70.7 Å². The van der Waals surface area contributed by atoms with Crippen molar-refractivity contribution in [1.29, 1.82) is 0 Å². The van der Waals surface area contributed by atoms with E-state index in [0.29, 0.717) is 37.6 Å². The van der Waals surface area contributed by atoms with Gasteiger partial charge in [0, 0.05) is 56.6 Å². The number of likely N-dealkylation sites (N-methyl/N-ethyl adjacent to an activating group) is 1. The molecule has 0 spiro atoms. The van der Waals surface area contributed by atoms with Crippen molar-refractivity contribution in [3.05, 3.63) is 54.1 Å². The van der Waals surface area contributed by atoms with Crippen molar-refractivity contribution in [2.75, 3.05) is 54.1 Å². The molecule has 0 aliphatic carbocycles. The Morgan fingerprint density at radius 2 is 2.09 bits per heavy atom. The third-order valence-electron chi connectivity index (χ3n) is 6.04. The highest BCUT2D eigenvalue weighted by Crippen LogP contribution is 2.36. The van der Waals surface area contributed by atoms with E-state index < -0.39 is 0 Å². The Hall–Kier alpha value is -3.23. The first-order valence-electron chi connectivity index (χ1n) is 11.0. The monoisotopic (exact) mass is 452 g/mol. The van der Waals surface area contributed by atoms with Gasteiger partial charge in [0.15, 0.2) is 0 Å². The highest BCUT2D eigenvalue weighted by Gasteiger charge is 2.20.